The van der Waals surface area contributed by atoms with E-state index in [1.807, 2.05) is 45.9 Å². The Kier molecular flexibility index (Phi) is 5.55. The first-order valence-electron chi connectivity index (χ1n) is 11.7. The van der Waals surface area contributed by atoms with Crippen molar-refractivity contribution >= 4 is 23.4 Å². The van der Waals surface area contributed by atoms with Crippen LogP contribution in [0.5, 0.6) is 0 Å². The number of fused-ring (bicyclic) bond motifs is 2. The maximum absolute atomic E-state index is 13.4. The van der Waals surface area contributed by atoms with Crippen molar-refractivity contribution in [1.82, 2.24) is 10.2 Å². The number of nitrogens with one attached hydrogen (secondary N) is 2. The summed E-state index contributed by atoms with van der Waals surface area (Å²) in [5.41, 5.74) is 2.48. The quantitative estimate of drug-likeness (QED) is 0.718. The fourth-order valence-corrected chi connectivity index (χ4v) is 5.86. The van der Waals surface area contributed by atoms with Gasteiger partial charge in [0.1, 0.15) is 12.1 Å². The number of amides is 3. The number of nitrogens with zero attached hydrogens (tertiary/aromatic N) is 2. The molecule has 33 heavy (non-hydrogen) atoms. The van der Waals surface area contributed by atoms with Crippen molar-refractivity contribution in [3.63, 3.8) is 0 Å². The van der Waals surface area contributed by atoms with Gasteiger partial charge in [-0.3, -0.25) is 14.4 Å². The van der Waals surface area contributed by atoms with E-state index in [4.69, 9.17) is 0 Å². The molecule has 2 fully saturated rings. The molecule has 2 N–H and O–H groups in total. The largest absolute Gasteiger partial charge is 0.339 e. The molecule has 0 radical (unpaired) electrons. The van der Waals surface area contributed by atoms with Gasteiger partial charge in [0.25, 0.3) is 0 Å². The van der Waals surface area contributed by atoms with E-state index in [0.717, 1.165) is 16.8 Å². The average molecular weight is 451 g/mol. The van der Waals surface area contributed by atoms with Crippen molar-refractivity contribution in [1.29, 1.82) is 5.26 Å². The third kappa shape index (κ3) is 4.12. The summed E-state index contributed by atoms with van der Waals surface area (Å²) in [5.74, 6) is -0.547. The zero-order valence-electron chi connectivity index (χ0n) is 20.4. The normalized spacial score (nSPS) is 27.8. The molecule has 1 saturated carbocycles. The molecule has 5 atom stereocenters. The molecule has 0 bridgehead atoms. The monoisotopic (exact) mass is 450 g/mol. The number of hydrogen-bond donors (Lipinski definition) is 2. The van der Waals surface area contributed by atoms with Crippen LogP contribution in [0.3, 0.4) is 0 Å². The number of carbonyl (C=O) groups excluding carboxylic acids is 3. The van der Waals surface area contributed by atoms with Crippen LogP contribution in [0.25, 0.3) is 0 Å². The van der Waals surface area contributed by atoms with E-state index >= 15 is 0 Å². The average Bonchev–Trinajstić information content (AvgIpc) is 3.02. The van der Waals surface area contributed by atoms with E-state index in [1.54, 1.807) is 4.90 Å². The zero-order chi connectivity index (χ0) is 24.3. The summed E-state index contributed by atoms with van der Waals surface area (Å²) >= 11 is 0. The van der Waals surface area contributed by atoms with Crippen LogP contribution in [0.15, 0.2) is 18.2 Å². The Labute approximate surface area is 195 Å². The summed E-state index contributed by atoms with van der Waals surface area (Å²) < 4.78 is 0. The molecule has 7 heteroatoms. The molecule has 1 unspecified atom stereocenters. The van der Waals surface area contributed by atoms with Gasteiger partial charge >= 0.3 is 0 Å². The maximum Gasteiger partial charge on any atom is 0.244 e. The number of anilines is 1. The van der Waals surface area contributed by atoms with Gasteiger partial charge < -0.3 is 15.5 Å². The van der Waals surface area contributed by atoms with Gasteiger partial charge in [0.05, 0.1) is 12.0 Å². The number of benzene rings is 1. The van der Waals surface area contributed by atoms with Gasteiger partial charge in [-0.25, -0.2) is 0 Å². The number of rotatable bonds is 5. The summed E-state index contributed by atoms with van der Waals surface area (Å²) in [5, 5.41) is 15.6. The third-order valence-electron chi connectivity index (χ3n) is 7.67. The minimum absolute atomic E-state index is 0.00402. The highest BCUT2D eigenvalue weighted by Gasteiger charge is 2.69. The van der Waals surface area contributed by atoms with Crippen molar-refractivity contribution in [2.75, 3.05) is 11.9 Å². The molecule has 0 aromatic heterocycles. The van der Waals surface area contributed by atoms with Gasteiger partial charge in [0.15, 0.2) is 0 Å². The first-order chi connectivity index (χ1) is 15.3. The summed E-state index contributed by atoms with van der Waals surface area (Å²) in [6.45, 7) is 12.8. The molecule has 4 rings (SSSR count). The zero-order valence-corrected chi connectivity index (χ0v) is 20.4. The van der Waals surface area contributed by atoms with E-state index in [2.05, 4.69) is 30.6 Å². The molecule has 2 heterocycles. The van der Waals surface area contributed by atoms with Gasteiger partial charge in [-0.15, -0.1) is 0 Å². The summed E-state index contributed by atoms with van der Waals surface area (Å²) in [4.78, 5) is 40.8. The van der Waals surface area contributed by atoms with Gasteiger partial charge in [-0.2, -0.15) is 5.26 Å². The molecule has 3 amide bonds. The van der Waals surface area contributed by atoms with Gasteiger partial charge in [-0.05, 0) is 53.2 Å². The lowest BCUT2D eigenvalue weighted by Gasteiger charge is -2.32. The number of piperidine rings is 1. The van der Waals surface area contributed by atoms with Gasteiger partial charge in [0.2, 0.25) is 17.7 Å². The number of likely N-dealkylation sites (tertiary alicyclic amines) is 1. The summed E-state index contributed by atoms with van der Waals surface area (Å²) in [6, 6.07) is 6.47. The molecule has 0 spiro atoms. The molecule has 3 aliphatic rings. The molecule has 1 aliphatic carbocycles. The molecule has 176 valence electrons. The van der Waals surface area contributed by atoms with E-state index in [9.17, 15) is 19.6 Å². The van der Waals surface area contributed by atoms with Crippen molar-refractivity contribution in [2.24, 2.45) is 22.7 Å². The van der Waals surface area contributed by atoms with Crippen molar-refractivity contribution < 1.29 is 14.4 Å². The second kappa shape index (κ2) is 7.86. The molecular formula is C26H34N4O3. The minimum atomic E-state index is -0.820. The third-order valence-corrected chi connectivity index (χ3v) is 7.67. The lowest BCUT2D eigenvalue weighted by atomic mass is 9.90. The second-order valence-electron chi connectivity index (χ2n) is 11.7. The van der Waals surface area contributed by atoms with Crippen LogP contribution in [0, 0.1) is 40.9 Å². The highest BCUT2D eigenvalue weighted by atomic mass is 16.2. The lowest BCUT2D eigenvalue weighted by Crippen LogP contribution is -2.52. The summed E-state index contributed by atoms with van der Waals surface area (Å²) in [6.07, 6.45) is 0.572. The van der Waals surface area contributed by atoms with Crippen LogP contribution in [0.1, 0.15) is 64.5 Å². The Hall–Kier alpha value is -2.88. The van der Waals surface area contributed by atoms with Crippen molar-refractivity contribution in [3.05, 3.63) is 29.3 Å². The minimum Gasteiger partial charge on any atom is -0.339 e. The number of aryl methyl sites for hydroxylation is 1. The second-order valence-corrected chi connectivity index (χ2v) is 11.7. The number of nitriles is 1. The van der Waals surface area contributed by atoms with E-state index in [1.165, 1.54) is 0 Å². The van der Waals surface area contributed by atoms with Crippen molar-refractivity contribution in [2.45, 2.75) is 72.4 Å². The topological polar surface area (TPSA) is 102 Å². The Morgan fingerprint density at radius 2 is 2.03 bits per heavy atom. The Bertz CT molecular complexity index is 1050. The molecule has 1 aromatic rings. The SMILES string of the molecule is Cc1cccc2c1C(C[C@@H](C#N)NC(=O)[C@@H]1[C@@H]3[C@H](CN1C(=O)CC(C)(C)C)C3(C)C)C(=O)N2. The lowest BCUT2D eigenvalue weighted by molar-refractivity contribution is -0.141. The van der Waals surface area contributed by atoms with Gasteiger partial charge in [-0.1, -0.05) is 46.8 Å². The van der Waals surface area contributed by atoms with Gasteiger partial charge in [0, 0.05) is 18.7 Å². The molecular weight excluding hydrogens is 416 g/mol. The van der Waals surface area contributed by atoms with Crippen LogP contribution in [-0.4, -0.2) is 41.2 Å². The van der Waals surface area contributed by atoms with E-state index in [-0.39, 0.29) is 40.9 Å². The van der Waals surface area contributed by atoms with Crippen LogP contribution in [-0.2, 0) is 14.4 Å². The molecule has 1 aromatic carbocycles. The number of hydrogen-bond acceptors (Lipinski definition) is 4. The Morgan fingerprint density at radius 3 is 2.67 bits per heavy atom. The molecule has 7 nitrogen and oxygen atoms in total. The highest BCUT2D eigenvalue weighted by Crippen LogP contribution is 2.65. The van der Waals surface area contributed by atoms with Crippen LogP contribution in [0.4, 0.5) is 5.69 Å². The maximum atomic E-state index is 13.4. The van der Waals surface area contributed by atoms with E-state index < -0.39 is 18.0 Å². The Balaban J connectivity index is 1.50. The van der Waals surface area contributed by atoms with Crippen LogP contribution >= 0.6 is 0 Å². The Morgan fingerprint density at radius 1 is 1.33 bits per heavy atom. The smallest absolute Gasteiger partial charge is 0.244 e. The first kappa shape index (κ1) is 23.3. The van der Waals surface area contributed by atoms with Crippen LogP contribution in [0.2, 0.25) is 0 Å². The first-order valence-corrected chi connectivity index (χ1v) is 11.7. The van der Waals surface area contributed by atoms with Crippen LogP contribution < -0.4 is 10.6 Å². The predicted molar refractivity (Wildman–Crippen MR) is 125 cm³/mol. The fourth-order valence-electron chi connectivity index (χ4n) is 5.86. The standard InChI is InChI=1S/C26H34N4O3/c1-14-8-7-9-18-20(14)16(23(32)29-18)10-15(12-27)28-24(33)22-21-17(26(21,5)6)13-30(22)19(31)11-25(2,3)4/h7-9,15-17,21-22H,10-11,13H2,1-6H3,(H,28,33)(H,29,32)/t15-,16?,17-,21-,22-/m0/s1. The number of carbonyl (C=O) groups is 3. The van der Waals surface area contributed by atoms with E-state index in [0.29, 0.717) is 18.9 Å². The predicted octanol–water partition coefficient (Wildman–Crippen LogP) is 3.35. The summed E-state index contributed by atoms with van der Waals surface area (Å²) in [7, 11) is 0. The van der Waals surface area contributed by atoms with Crippen molar-refractivity contribution in [3.8, 4) is 6.07 Å². The molecule has 1 saturated heterocycles. The molecule has 2 aliphatic heterocycles. The highest BCUT2D eigenvalue weighted by molar-refractivity contribution is 6.03. The fraction of sp³-hybridized carbons (Fsp3) is 0.615.